The van der Waals surface area contributed by atoms with Gasteiger partial charge in [0, 0.05) is 46.2 Å². The second kappa shape index (κ2) is 14.1. The first kappa shape index (κ1) is 33.2. The number of aryl methyl sites for hydroxylation is 3. The molecule has 8 heteroatoms. The van der Waals surface area contributed by atoms with Gasteiger partial charge < -0.3 is 15.3 Å². The topological polar surface area (TPSA) is 98.6 Å². The van der Waals surface area contributed by atoms with Gasteiger partial charge in [-0.15, -0.1) is 15.6 Å². The molecule has 1 aliphatic rings. The Morgan fingerprint density at radius 3 is 2.53 bits per heavy atom. The number of benzene rings is 3. The van der Waals surface area contributed by atoms with E-state index in [0.717, 1.165) is 57.1 Å². The molecule has 4 N–H and O–H groups in total. The minimum atomic E-state index is -1.23. The van der Waals surface area contributed by atoms with Gasteiger partial charge in [0.1, 0.15) is 5.78 Å². The molecule has 1 aromatic heterocycles. The smallest absolute Gasteiger partial charge is 0.177 e. The lowest BCUT2D eigenvalue weighted by atomic mass is 9.69. The predicted molar refractivity (Wildman–Crippen MR) is 189 cm³/mol. The van der Waals surface area contributed by atoms with Gasteiger partial charge >= 0.3 is 0 Å². The highest BCUT2D eigenvalue weighted by molar-refractivity contribution is 7.89. The molecule has 0 fully saturated rings. The minimum absolute atomic E-state index is 0.210. The van der Waals surface area contributed by atoms with Crippen LogP contribution < -0.4 is 16.6 Å². The number of carbonyl (C=O) groups is 1. The standard InChI is InChI=1S/C37H46N4O2S2/c1-6-41(39)31-20-19-30(25(2)36(31)38)35(37(4,5)34(42)21-18-27-13-8-7-9-14-27)32-23-29(26(3)44-32)24-40-22-12-16-28-15-10-11-17-33(28)45(40)43/h7-11,13-15,17,19-20,23,35H,6,12,16,18,21-22,24,38-39H2,1-5H3. The van der Waals surface area contributed by atoms with Crippen LogP contribution in [-0.2, 0) is 35.5 Å². The average molecular weight is 643 g/mol. The van der Waals surface area contributed by atoms with Gasteiger partial charge in [0.05, 0.1) is 29.3 Å². The second-order valence-electron chi connectivity index (χ2n) is 12.6. The van der Waals surface area contributed by atoms with Crippen molar-refractivity contribution in [1.82, 2.24) is 4.31 Å². The summed E-state index contributed by atoms with van der Waals surface area (Å²) in [6, 6.07) is 24.6. The van der Waals surface area contributed by atoms with Gasteiger partial charge in [-0.3, -0.25) is 4.79 Å². The fraction of sp³-hybridized carbons (Fsp3) is 0.378. The van der Waals surface area contributed by atoms with E-state index in [-0.39, 0.29) is 11.7 Å². The molecule has 0 aliphatic carbocycles. The molecule has 0 spiro atoms. The molecule has 1 aliphatic heterocycles. The van der Waals surface area contributed by atoms with Crippen LogP contribution in [0.3, 0.4) is 0 Å². The van der Waals surface area contributed by atoms with Crippen molar-refractivity contribution in [3.63, 3.8) is 0 Å². The fourth-order valence-corrected chi connectivity index (χ4v) is 9.24. The fourth-order valence-electron chi connectivity index (χ4n) is 6.47. The molecule has 0 amide bonds. The third-order valence-corrected chi connectivity index (χ3v) is 12.1. The highest BCUT2D eigenvalue weighted by Crippen LogP contribution is 2.48. The van der Waals surface area contributed by atoms with E-state index in [1.54, 1.807) is 16.3 Å². The SMILES string of the molecule is CCN(N)c1ccc(C(c2cc(CN3CCCc4ccccc4[S+]3[O-])c(C)s2)C(C)(C)C(=O)CCc2ccccc2)c(C)c1N. The van der Waals surface area contributed by atoms with Crippen LogP contribution in [0, 0.1) is 19.3 Å². The molecular weight excluding hydrogens is 597 g/mol. The minimum Gasteiger partial charge on any atom is -0.593 e. The normalized spacial score (nSPS) is 16.2. The number of ketones is 1. The molecule has 4 aromatic rings. The van der Waals surface area contributed by atoms with Crippen molar-refractivity contribution in [2.75, 3.05) is 23.8 Å². The van der Waals surface area contributed by atoms with Crippen LogP contribution in [-0.4, -0.2) is 27.7 Å². The Labute approximate surface area is 275 Å². The lowest BCUT2D eigenvalue weighted by Gasteiger charge is -2.35. The van der Waals surface area contributed by atoms with E-state index >= 15 is 0 Å². The molecule has 238 valence electrons. The first-order valence-corrected chi connectivity index (χ1v) is 17.8. The number of hydrogen-bond acceptors (Lipinski definition) is 7. The first-order chi connectivity index (χ1) is 21.5. The monoisotopic (exact) mass is 642 g/mol. The van der Waals surface area contributed by atoms with E-state index in [0.29, 0.717) is 31.6 Å². The number of hydrogen-bond donors (Lipinski definition) is 2. The molecule has 6 nitrogen and oxygen atoms in total. The molecule has 2 heterocycles. The van der Waals surface area contributed by atoms with Crippen molar-refractivity contribution in [2.24, 2.45) is 11.3 Å². The Bertz CT molecular complexity index is 1630. The Morgan fingerprint density at radius 1 is 1.09 bits per heavy atom. The highest BCUT2D eigenvalue weighted by atomic mass is 32.2. The molecule has 3 aromatic carbocycles. The maximum atomic E-state index is 14.1. The summed E-state index contributed by atoms with van der Waals surface area (Å²) in [6.45, 7) is 12.3. The second-order valence-corrected chi connectivity index (χ2v) is 15.4. The highest BCUT2D eigenvalue weighted by Gasteiger charge is 2.41. The zero-order valence-corrected chi connectivity index (χ0v) is 28.8. The number of anilines is 2. The Balaban J connectivity index is 1.52. The summed E-state index contributed by atoms with van der Waals surface area (Å²) in [5, 5.41) is 1.66. The lowest BCUT2D eigenvalue weighted by molar-refractivity contribution is -0.127. The Hall–Kier alpha value is -3.14. The number of fused-ring (bicyclic) bond motifs is 1. The number of rotatable bonds is 11. The van der Waals surface area contributed by atoms with E-state index in [9.17, 15) is 9.35 Å². The van der Waals surface area contributed by atoms with Crippen LogP contribution in [0.4, 0.5) is 11.4 Å². The number of carbonyl (C=O) groups excluding carboxylic acids is 1. The van der Waals surface area contributed by atoms with Gasteiger partial charge in [0.2, 0.25) is 0 Å². The molecule has 0 saturated heterocycles. The number of Topliss-reactive ketones (excluding diaryl/α,β-unsaturated/α-hetero) is 1. The molecule has 2 atom stereocenters. The van der Waals surface area contributed by atoms with Crippen LogP contribution in [0.15, 0.2) is 77.7 Å². The number of nitrogen functional groups attached to an aromatic ring is 1. The van der Waals surface area contributed by atoms with E-state index in [1.165, 1.54) is 10.4 Å². The maximum absolute atomic E-state index is 14.1. The summed E-state index contributed by atoms with van der Waals surface area (Å²) in [7, 11) is 0. The summed E-state index contributed by atoms with van der Waals surface area (Å²) in [4.78, 5) is 17.4. The van der Waals surface area contributed by atoms with Crippen LogP contribution in [0.5, 0.6) is 0 Å². The molecule has 0 saturated carbocycles. The van der Waals surface area contributed by atoms with Gasteiger partial charge in [0.15, 0.2) is 4.90 Å². The Kier molecular flexibility index (Phi) is 10.4. The summed E-state index contributed by atoms with van der Waals surface area (Å²) >= 11 is 0.506. The lowest BCUT2D eigenvalue weighted by Crippen LogP contribution is -2.34. The van der Waals surface area contributed by atoms with E-state index in [1.807, 2.05) is 56.3 Å². The predicted octanol–water partition coefficient (Wildman–Crippen LogP) is 7.48. The van der Waals surface area contributed by atoms with Gasteiger partial charge in [-0.1, -0.05) is 68.4 Å². The van der Waals surface area contributed by atoms with Crippen molar-refractivity contribution < 1.29 is 9.35 Å². The molecule has 0 radical (unpaired) electrons. The molecule has 2 unspecified atom stereocenters. The zero-order valence-electron chi connectivity index (χ0n) is 27.1. The van der Waals surface area contributed by atoms with E-state index < -0.39 is 16.8 Å². The van der Waals surface area contributed by atoms with Gasteiger partial charge in [-0.25, -0.2) is 5.84 Å². The van der Waals surface area contributed by atoms with Crippen molar-refractivity contribution in [3.8, 4) is 0 Å². The number of nitrogens with two attached hydrogens (primary N) is 2. The maximum Gasteiger partial charge on any atom is 0.177 e. The van der Waals surface area contributed by atoms with Crippen LogP contribution >= 0.6 is 11.3 Å². The summed E-state index contributed by atoms with van der Waals surface area (Å²) in [5.74, 6) is 6.27. The third-order valence-electron chi connectivity index (χ3n) is 9.34. The molecule has 0 bridgehead atoms. The van der Waals surface area contributed by atoms with E-state index in [4.69, 9.17) is 11.6 Å². The van der Waals surface area contributed by atoms with E-state index in [2.05, 4.69) is 55.4 Å². The number of thiophene rings is 1. The van der Waals surface area contributed by atoms with Crippen molar-refractivity contribution in [2.45, 2.75) is 77.7 Å². The summed E-state index contributed by atoms with van der Waals surface area (Å²) in [6.07, 6.45) is 3.05. The quantitative estimate of drug-likeness (QED) is 0.0762. The van der Waals surface area contributed by atoms with Crippen LogP contribution in [0.2, 0.25) is 0 Å². The van der Waals surface area contributed by atoms with Gasteiger partial charge in [-0.2, -0.15) is 0 Å². The van der Waals surface area contributed by atoms with Crippen molar-refractivity contribution in [1.29, 1.82) is 0 Å². The summed E-state index contributed by atoms with van der Waals surface area (Å²) < 4.78 is 15.8. The summed E-state index contributed by atoms with van der Waals surface area (Å²) in [5.41, 5.74) is 12.9. The largest absolute Gasteiger partial charge is 0.593 e. The zero-order chi connectivity index (χ0) is 32.3. The van der Waals surface area contributed by atoms with Crippen molar-refractivity contribution in [3.05, 3.63) is 110 Å². The number of hydrazine groups is 1. The molecule has 45 heavy (non-hydrogen) atoms. The van der Waals surface area contributed by atoms with Crippen LogP contribution in [0.25, 0.3) is 0 Å². The molecule has 5 rings (SSSR count). The van der Waals surface area contributed by atoms with Gasteiger partial charge in [-0.05, 0) is 80.5 Å². The average Bonchev–Trinajstić information content (AvgIpc) is 3.31. The van der Waals surface area contributed by atoms with Gasteiger partial charge in [0.25, 0.3) is 0 Å². The van der Waals surface area contributed by atoms with Crippen LogP contribution in [0.1, 0.15) is 77.1 Å². The third kappa shape index (κ3) is 7.00. The van der Waals surface area contributed by atoms with Crippen molar-refractivity contribution >= 4 is 39.9 Å². The first-order valence-electron chi connectivity index (χ1n) is 15.8. The molecular formula is C37H46N4O2S2. The number of nitrogens with zero attached hydrogens (tertiary/aromatic N) is 2. The Morgan fingerprint density at radius 2 is 1.80 bits per heavy atom.